The van der Waals surface area contributed by atoms with Crippen molar-refractivity contribution in [2.24, 2.45) is 0 Å². The van der Waals surface area contributed by atoms with Crippen molar-refractivity contribution in [1.29, 1.82) is 0 Å². The summed E-state index contributed by atoms with van der Waals surface area (Å²) in [5, 5.41) is 10.9. The standard InChI is InChI=1S/C20H16ClF3N4O2/c21-12-1-2-13-15(11-12)25-6-5-16(13)27-7-9-28(10-8-27)18-14(19(29)30)3-4-17(26-18)20(22,23)24/h1-6,11H,7-10H2,(H,29,30). The van der Waals surface area contributed by atoms with Crippen LogP contribution < -0.4 is 9.80 Å². The summed E-state index contributed by atoms with van der Waals surface area (Å²) in [6.45, 7) is 1.62. The van der Waals surface area contributed by atoms with Crippen LogP contribution in [-0.2, 0) is 6.18 Å². The van der Waals surface area contributed by atoms with Gasteiger partial charge < -0.3 is 14.9 Å². The molecule has 10 heteroatoms. The van der Waals surface area contributed by atoms with Crippen LogP contribution in [0.3, 0.4) is 0 Å². The first kappa shape index (κ1) is 20.2. The first-order chi connectivity index (χ1) is 14.2. The molecule has 6 nitrogen and oxygen atoms in total. The Hall–Kier alpha value is -3.07. The van der Waals surface area contributed by atoms with Gasteiger partial charge in [0.15, 0.2) is 0 Å². The second kappa shape index (κ2) is 7.64. The number of piperazine rings is 1. The topological polar surface area (TPSA) is 69.6 Å². The Morgan fingerprint density at radius 2 is 1.73 bits per heavy atom. The molecule has 0 amide bonds. The third kappa shape index (κ3) is 3.85. The van der Waals surface area contributed by atoms with Gasteiger partial charge in [-0.3, -0.25) is 4.98 Å². The Morgan fingerprint density at radius 3 is 2.40 bits per heavy atom. The predicted molar refractivity (Wildman–Crippen MR) is 107 cm³/mol. The van der Waals surface area contributed by atoms with Gasteiger partial charge in [0, 0.05) is 48.5 Å². The molecule has 0 saturated carbocycles. The number of pyridine rings is 2. The fourth-order valence-corrected chi connectivity index (χ4v) is 3.72. The molecule has 0 spiro atoms. The van der Waals surface area contributed by atoms with E-state index in [2.05, 4.69) is 14.9 Å². The fraction of sp³-hybridized carbons (Fsp3) is 0.250. The average Bonchev–Trinajstić information content (AvgIpc) is 2.72. The van der Waals surface area contributed by atoms with Crippen LogP contribution in [0, 0.1) is 0 Å². The van der Waals surface area contributed by atoms with Crippen LogP contribution in [0.5, 0.6) is 0 Å². The number of alkyl halides is 3. The van der Waals surface area contributed by atoms with Crippen molar-refractivity contribution in [2.45, 2.75) is 6.18 Å². The molecule has 30 heavy (non-hydrogen) atoms. The molecule has 1 aliphatic rings. The van der Waals surface area contributed by atoms with E-state index >= 15 is 0 Å². The molecule has 0 bridgehead atoms. The van der Waals surface area contributed by atoms with Crippen LogP contribution >= 0.6 is 11.6 Å². The maximum absolute atomic E-state index is 13.1. The number of hydrogen-bond acceptors (Lipinski definition) is 5. The van der Waals surface area contributed by atoms with Crippen LogP contribution in [0.2, 0.25) is 5.02 Å². The monoisotopic (exact) mass is 436 g/mol. The van der Waals surface area contributed by atoms with Crippen molar-refractivity contribution < 1.29 is 23.1 Å². The molecular weight excluding hydrogens is 421 g/mol. The van der Waals surface area contributed by atoms with Crippen LogP contribution in [-0.4, -0.2) is 47.2 Å². The van der Waals surface area contributed by atoms with Gasteiger partial charge in [-0.2, -0.15) is 13.2 Å². The van der Waals surface area contributed by atoms with Gasteiger partial charge in [-0.25, -0.2) is 9.78 Å². The van der Waals surface area contributed by atoms with Gasteiger partial charge >= 0.3 is 12.1 Å². The molecule has 0 radical (unpaired) electrons. The molecule has 156 valence electrons. The molecule has 4 rings (SSSR count). The highest BCUT2D eigenvalue weighted by Gasteiger charge is 2.34. The van der Waals surface area contributed by atoms with Crippen molar-refractivity contribution in [3.05, 3.63) is 58.9 Å². The van der Waals surface area contributed by atoms with E-state index in [0.29, 0.717) is 37.3 Å². The first-order valence-corrected chi connectivity index (χ1v) is 9.47. The molecule has 3 aromatic rings. The van der Waals surface area contributed by atoms with E-state index in [1.807, 2.05) is 12.1 Å². The summed E-state index contributed by atoms with van der Waals surface area (Å²) in [5.74, 6) is -1.48. The number of carboxylic acids is 1. The molecule has 0 atom stereocenters. The maximum Gasteiger partial charge on any atom is 0.433 e. The van der Waals surface area contributed by atoms with Crippen LogP contribution in [0.4, 0.5) is 24.7 Å². The molecule has 1 aliphatic heterocycles. The lowest BCUT2D eigenvalue weighted by Crippen LogP contribution is -2.47. The number of benzene rings is 1. The maximum atomic E-state index is 13.1. The SMILES string of the molecule is O=C(O)c1ccc(C(F)(F)F)nc1N1CCN(c2ccnc3cc(Cl)ccc23)CC1. The van der Waals surface area contributed by atoms with Crippen molar-refractivity contribution in [1.82, 2.24) is 9.97 Å². The van der Waals surface area contributed by atoms with E-state index in [0.717, 1.165) is 22.7 Å². The normalized spacial score (nSPS) is 14.9. The zero-order valence-corrected chi connectivity index (χ0v) is 16.3. The van der Waals surface area contributed by atoms with E-state index in [1.165, 1.54) is 0 Å². The van der Waals surface area contributed by atoms with Crippen molar-refractivity contribution in [3.8, 4) is 0 Å². The molecule has 1 saturated heterocycles. The van der Waals surface area contributed by atoms with E-state index in [4.69, 9.17) is 11.6 Å². The third-order valence-corrected chi connectivity index (χ3v) is 5.23. The van der Waals surface area contributed by atoms with Gasteiger partial charge in [0.25, 0.3) is 0 Å². The second-order valence-corrected chi connectivity index (χ2v) is 7.27. The van der Waals surface area contributed by atoms with Gasteiger partial charge in [-0.15, -0.1) is 0 Å². The zero-order valence-electron chi connectivity index (χ0n) is 15.5. The molecule has 1 N–H and O–H groups in total. The number of aromatic nitrogens is 2. The van der Waals surface area contributed by atoms with Crippen molar-refractivity contribution >= 4 is 40.0 Å². The number of aromatic carboxylic acids is 1. The van der Waals surface area contributed by atoms with Crippen LogP contribution in [0.25, 0.3) is 10.9 Å². The number of halogens is 4. The minimum absolute atomic E-state index is 0.164. The van der Waals surface area contributed by atoms with E-state index in [1.54, 1.807) is 23.2 Å². The lowest BCUT2D eigenvalue weighted by Gasteiger charge is -2.37. The van der Waals surface area contributed by atoms with Gasteiger partial charge in [-0.05, 0) is 36.4 Å². The summed E-state index contributed by atoms with van der Waals surface area (Å²) < 4.78 is 39.2. The largest absolute Gasteiger partial charge is 0.478 e. The van der Waals surface area contributed by atoms with E-state index in [-0.39, 0.29) is 11.4 Å². The molecule has 3 heterocycles. The Kier molecular flexibility index (Phi) is 5.15. The lowest BCUT2D eigenvalue weighted by molar-refractivity contribution is -0.141. The smallest absolute Gasteiger partial charge is 0.433 e. The Bertz CT molecular complexity index is 1110. The number of rotatable bonds is 3. The second-order valence-electron chi connectivity index (χ2n) is 6.84. The molecule has 0 aliphatic carbocycles. The third-order valence-electron chi connectivity index (χ3n) is 5.00. The van der Waals surface area contributed by atoms with Gasteiger partial charge in [0.1, 0.15) is 17.1 Å². The number of anilines is 2. The van der Waals surface area contributed by atoms with Crippen molar-refractivity contribution in [3.63, 3.8) is 0 Å². The molecule has 1 fully saturated rings. The van der Waals surface area contributed by atoms with E-state index < -0.39 is 17.8 Å². The van der Waals surface area contributed by atoms with Crippen molar-refractivity contribution in [2.75, 3.05) is 36.0 Å². The number of fused-ring (bicyclic) bond motifs is 1. The van der Waals surface area contributed by atoms with Crippen LogP contribution in [0.1, 0.15) is 16.1 Å². The van der Waals surface area contributed by atoms with Gasteiger partial charge in [0.2, 0.25) is 0 Å². The summed E-state index contributed by atoms with van der Waals surface area (Å²) in [7, 11) is 0. The summed E-state index contributed by atoms with van der Waals surface area (Å²) >= 11 is 6.03. The molecular formula is C20H16ClF3N4O2. The highest BCUT2D eigenvalue weighted by Crippen LogP contribution is 2.32. The number of carboxylic acid groups (broad SMARTS) is 1. The Balaban J connectivity index is 1.60. The quantitative estimate of drug-likeness (QED) is 0.659. The summed E-state index contributed by atoms with van der Waals surface area (Å²) in [4.78, 5) is 23.1. The minimum atomic E-state index is -4.65. The number of hydrogen-bond donors (Lipinski definition) is 1. The minimum Gasteiger partial charge on any atom is -0.478 e. The highest BCUT2D eigenvalue weighted by molar-refractivity contribution is 6.31. The zero-order chi connectivity index (χ0) is 21.5. The molecule has 1 aromatic carbocycles. The molecule has 0 unspecified atom stereocenters. The Morgan fingerprint density at radius 1 is 1.03 bits per heavy atom. The van der Waals surface area contributed by atoms with E-state index in [9.17, 15) is 23.1 Å². The summed E-state index contributed by atoms with van der Waals surface area (Å²) in [6, 6.07) is 8.94. The number of nitrogens with zero attached hydrogens (tertiary/aromatic N) is 4. The average molecular weight is 437 g/mol. The first-order valence-electron chi connectivity index (χ1n) is 9.10. The van der Waals surface area contributed by atoms with Gasteiger partial charge in [0.05, 0.1) is 5.52 Å². The number of carbonyl (C=O) groups is 1. The predicted octanol–water partition coefficient (Wildman–Crippen LogP) is 4.33. The Labute approximate surface area is 174 Å². The summed E-state index contributed by atoms with van der Waals surface area (Å²) in [5.41, 5.74) is 0.323. The van der Waals surface area contributed by atoms with Crippen LogP contribution in [0.15, 0.2) is 42.6 Å². The highest BCUT2D eigenvalue weighted by atomic mass is 35.5. The van der Waals surface area contributed by atoms with Gasteiger partial charge in [-0.1, -0.05) is 11.6 Å². The fourth-order valence-electron chi connectivity index (χ4n) is 3.56. The lowest BCUT2D eigenvalue weighted by atomic mass is 10.1. The summed E-state index contributed by atoms with van der Waals surface area (Å²) in [6.07, 6.45) is -2.97. The molecule has 2 aromatic heterocycles.